The van der Waals surface area contributed by atoms with Gasteiger partial charge in [-0.15, -0.1) is 0 Å². The zero-order chi connectivity index (χ0) is 26.1. The molecule has 0 heterocycles. The molecule has 0 saturated carbocycles. The summed E-state index contributed by atoms with van der Waals surface area (Å²) in [4.78, 5) is 12.7. The van der Waals surface area contributed by atoms with Gasteiger partial charge in [-0.1, -0.05) is 29.8 Å². The van der Waals surface area contributed by atoms with Gasteiger partial charge in [0.15, 0.2) is 11.5 Å². The van der Waals surface area contributed by atoms with Crippen LogP contribution in [0.5, 0.6) is 17.2 Å². The fraction of sp³-hybridized carbons (Fsp3) is 0.200. The van der Waals surface area contributed by atoms with Crippen LogP contribution in [0, 0.1) is 0 Å². The van der Waals surface area contributed by atoms with E-state index in [1.54, 1.807) is 56.3 Å². The highest BCUT2D eigenvalue weighted by Gasteiger charge is 2.29. The molecule has 0 bridgehead atoms. The topological polar surface area (TPSA) is 118 Å². The number of benzene rings is 3. The maximum Gasteiger partial charge on any atom is 0.264 e. The molecule has 0 atom stereocenters. The number of aromatic hydroxyl groups is 1. The number of hydrogen-bond acceptors (Lipinski definition) is 7. The number of hydrazone groups is 1. The minimum absolute atomic E-state index is 0.0489. The summed E-state index contributed by atoms with van der Waals surface area (Å²) in [7, 11) is -4.18. The summed E-state index contributed by atoms with van der Waals surface area (Å²) in [5, 5.41) is 14.5. The van der Waals surface area contributed by atoms with Crippen molar-refractivity contribution >= 4 is 39.4 Å². The van der Waals surface area contributed by atoms with Crippen molar-refractivity contribution in [2.24, 2.45) is 5.10 Å². The van der Waals surface area contributed by atoms with Gasteiger partial charge in [-0.25, -0.2) is 13.8 Å². The number of phenolic OH excluding ortho intramolecular Hbond substituents is 1. The maximum absolute atomic E-state index is 13.5. The zero-order valence-electron chi connectivity index (χ0n) is 19.7. The summed E-state index contributed by atoms with van der Waals surface area (Å²) < 4.78 is 39.0. The van der Waals surface area contributed by atoms with Crippen molar-refractivity contribution < 1.29 is 27.8 Å². The largest absolute Gasteiger partial charge is 0.504 e. The first-order valence-electron chi connectivity index (χ1n) is 11.0. The van der Waals surface area contributed by atoms with Crippen LogP contribution >= 0.6 is 11.6 Å². The molecular weight excluding hydrogens is 506 g/mol. The molecule has 3 aromatic carbocycles. The van der Waals surface area contributed by atoms with E-state index in [1.807, 2.05) is 0 Å². The van der Waals surface area contributed by atoms with Crippen molar-refractivity contribution in [3.63, 3.8) is 0 Å². The highest BCUT2D eigenvalue weighted by Crippen LogP contribution is 2.33. The molecule has 0 aliphatic heterocycles. The third-order valence-electron chi connectivity index (χ3n) is 4.85. The number of amides is 1. The van der Waals surface area contributed by atoms with Crippen molar-refractivity contribution in [2.45, 2.75) is 18.7 Å². The molecule has 3 aromatic rings. The fourth-order valence-corrected chi connectivity index (χ4v) is 4.79. The molecule has 1 amide bonds. The summed E-state index contributed by atoms with van der Waals surface area (Å²) in [6, 6.07) is 17.0. The first-order chi connectivity index (χ1) is 17.3. The number of halogens is 1. The summed E-state index contributed by atoms with van der Waals surface area (Å²) in [5.41, 5.74) is 2.81. The normalized spacial score (nSPS) is 11.3. The molecule has 0 aliphatic carbocycles. The second-order valence-electron chi connectivity index (χ2n) is 7.29. The second kappa shape index (κ2) is 12.3. The second-order valence-corrected chi connectivity index (χ2v) is 9.59. The van der Waals surface area contributed by atoms with Gasteiger partial charge in [-0.3, -0.25) is 9.10 Å². The molecule has 0 aromatic heterocycles. The van der Waals surface area contributed by atoms with Gasteiger partial charge in [0, 0.05) is 10.6 Å². The predicted molar refractivity (Wildman–Crippen MR) is 139 cm³/mol. The Kier molecular flexibility index (Phi) is 9.15. The molecular formula is C25H26ClN3O6S. The van der Waals surface area contributed by atoms with Gasteiger partial charge in [-0.05, 0) is 62.4 Å². The van der Waals surface area contributed by atoms with Gasteiger partial charge in [0.2, 0.25) is 0 Å². The van der Waals surface area contributed by atoms with Gasteiger partial charge in [-0.2, -0.15) is 5.10 Å². The number of rotatable bonds is 11. The summed E-state index contributed by atoms with van der Waals surface area (Å²) in [6.07, 6.45) is 1.24. The first-order valence-corrected chi connectivity index (χ1v) is 12.9. The number of phenols is 1. The summed E-state index contributed by atoms with van der Waals surface area (Å²) in [5.74, 6) is -0.266. The number of carbonyl (C=O) groups excluding carboxylic acids is 1. The Labute approximate surface area is 215 Å². The van der Waals surface area contributed by atoms with E-state index in [9.17, 15) is 18.3 Å². The molecule has 2 N–H and O–H groups in total. The van der Waals surface area contributed by atoms with Crippen molar-refractivity contribution in [3.8, 4) is 17.2 Å². The molecule has 3 rings (SSSR count). The van der Waals surface area contributed by atoms with E-state index < -0.39 is 22.5 Å². The molecule has 36 heavy (non-hydrogen) atoms. The highest BCUT2D eigenvalue weighted by molar-refractivity contribution is 7.92. The Bertz CT molecular complexity index is 1330. The monoisotopic (exact) mass is 531 g/mol. The van der Waals surface area contributed by atoms with E-state index in [1.165, 1.54) is 30.5 Å². The van der Waals surface area contributed by atoms with Gasteiger partial charge in [0.25, 0.3) is 15.9 Å². The summed E-state index contributed by atoms with van der Waals surface area (Å²) in [6.45, 7) is 3.64. The zero-order valence-corrected chi connectivity index (χ0v) is 21.3. The molecule has 0 saturated heterocycles. The van der Waals surface area contributed by atoms with Crippen molar-refractivity contribution in [1.29, 1.82) is 0 Å². The van der Waals surface area contributed by atoms with Crippen LogP contribution in [0.1, 0.15) is 19.4 Å². The van der Waals surface area contributed by atoms with Crippen LogP contribution in [-0.4, -0.2) is 45.4 Å². The standard InChI is InChI=1S/C25H26ClN3O6S/c1-3-34-22-10-6-5-9-21(22)29(36(32,33)20-14-12-19(26)13-15-20)17-24(30)28-27-16-18-8-7-11-23(25(18)31)35-4-2/h5-16,31H,3-4,17H2,1-2H3,(H,28,30)/b27-16-. The van der Waals surface area contributed by atoms with E-state index in [4.69, 9.17) is 21.1 Å². The molecule has 0 fully saturated rings. The Balaban J connectivity index is 1.88. The van der Waals surface area contributed by atoms with Gasteiger partial charge in [0.05, 0.1) is 30.0 Å². The van der Waals surface area contributed by atoms with Gasteiger partial charge < -0.3 is 14.6 Å². The number of nitrogens with zero attached hydrogens (tertiary/aromatic N) is 2. The van der Waals surface area contributed by atoms with Gasteiger partial charge >= 0.3 is 0 Å². The summed E-state index contributed by atoms with van der Waals surface area (Å²) >= 11 is 5.92. The molecule has 0 radical (unpaired) electrons. The SMILES string of the molecule is CCOc1ccccc1N(CC(=O)N/N=C\c1cccc(OCC)c1O)S(=O)(=O)c1ccc(Cl)cc1. The quantitative estimate of drug-likeness (QED) is 0.283. The van der Waals surface area contributed by atoms with Crippen LogP contribution in [0.25, 0.3) is 0 Å². The van der Waals surface area contributed by atoms with Crippen LogP contribution in [-0.2, 0) is 14.8 Å². The van der Waals surface area contributed by atoms with Gasteiger partial charge in [0.1, 0.15) is 12.3 Å². The first kappa shape index (κ1) is 26.8. The fourth-order valence-electron chi connectivity index (χ4n) is 3.23. The van der Waals surface area contributed by atoms with Crippen LogP contribution < -0.4 is 19.2 Å². The highest BCUT2D eigenvalue weighted by atomic mass is 35.5. The van der Waals surface area contributed by atoms with E-state index in [0.717, 1.165) is 4.31 Å². The van der Waals surface area contributed by atoms with E-state index in [2.05, 4.69) is 10.5 Å². The number of sulfonamides is 1. The maximum atomic E-state index is 13.5. The lowest BCUT2D eigenvalue weighted by molar-refractivity contribution is -0.119. The number of nitrogens with one attached hydrogen (secondary N) is 1. The molecule has 11 heteroatoms. The van der Waals surface area contributed by atoms with Crippen LogP contribution in [0.15, 0.2) is 76.7 Å². The van der Waals surface area contributed by atoms with Crippen molar-refractivity contribution in [3.05, 3.63) is 77.3 Å². The van der Waals surface area contributed by atoms with Crippen molar-refractivity contribution in [1.82, 2.24) is 5.43 Å². The minimum atomic E-state index is -4.18. The molecule has 0 aliphatic rings. The van der Waals surface area contributed by atoms with Crippen molar-refractivity contribution in [2.75, 3.05) is 24.1 Å². The number of ether oxygens (including phenoxy) is 2. The Morgan fingerprint density at radius 2 is 1.64 bits per heavy atom. The smallest absolute Gasteiger partial charge is 0.264 e. The Morgan fingerprint density at radius 1 is 1.00 bits per heavy atom. The Morgan fingerprint density at radius 3 is 2.33 bits per heavy atom. The van der Waals surface area contributed by atoms with Crippen LogP contribution in [0.4, 0.5) is 5.69 Å². The van der Waals surface area contributed by atoms with Crippen LogP contribution in [0.3, 0.4) is 0 Å². The number of hydrogen-bond donors (Lipinski definition) is 2. The van der Waals surface area contributed by atoms with E-state index >= 15 is 0 Å². The Hall–Kier alpha value is -3.76. The lowest BCUT2D eigenvalue weighted by Crippen LogP contribution is -2.39. The van der Waals surface area contributed by atoms with E-state index in [-0.39, 0.29) is 22.1 Å². The minimum Gasteiger partial charge on any atom is -0.504 e. The molecule has 0 spiro atoms. The molecule has 0 unspecified atom stereocenters. The lowest BCUT2D eigenvalue weighted by Gasteiger charge is -2.25. The lowest BCUT2D eigenvalue weighted by atomic mass is 10.2. The average molecular weight is 532 g/mol. The number of para-hydroxylation sites is 3. The molecule has 190 valence electrons. The van der Waals surface area contributed by atoms with E-state index in [0.29, 0.717) is 29.5 Å². The third-order valence-corrected chi connectivity index (χ3v) is 6.87. The molecule has 9 nitrogen and oxygen atoms in total. The number of carbonyl (C=O) groups is 1. The predicted octanol–water partition coefficient (Wildman–Crippen LogP) is 4.19. The third kappa shape index (κ3) is 6.46. The number of anilines is 1. The van der Waals surface area contributed by atoms with Crippen LogP contribution in [0.2, 0.25) is 5.02 Å². The average Bonchev–Trinajstić information content (AvgIpc) is 2.86.